The number of ether oxygens (including phenoxy) is 2. The number of aromatic carboxylic acids is 1. The molecule has 3 rings (SSSR count). The summed E-state index contributed by atoms with van der Waals surface area (Å²) >= 11 is 0. The van der Waals surface area contributed by atoms with Gasteiger partial charge in [0.25, 0.3) is 5.91 Å². The largest absolute Gasteiger partial charge is 0.507 e. The van der Waals surface area contributed by atoms with Crippen LogP contribution in [0.4, 0.5) is 16.2 Å². The molecule has 0 aromatic heterocycles. The average molecular weight is 665 g/mol. The number of hydrogen-bond acceptors (Lipinski definition) is 9. The molecule has 0 saturated carbocycles. The standard InChI is InChI=1S/C33H36N4O11/c1-36(2)29(40)27-25(38)11-8-12-26(27)48-18-7-6-17-34-28(39)23(35-33(46)47-3)19-20-13-15-21(16-14-20)37(30(41)32(44)45)24-10-5-4-9-22(24)31(42)43/h4-5,8-16,23,38H,6-7,17-19H2,1-3H3,(H,34,39)(H,35,46)(H,42,43)(H,44,45)/t23-/m0/s1. The number of nitrogens with one attached hydrogen (secondary N) is 2. The number of phenols is 1. The number of para-hydroxylation sites is 1. The molecule has 4 amide bonds. The van der Waals surface area contributed by atoms with Crippen LogP contribution < -0.4 is 20.3 Å². The Labute approximate surface area is 275 Å². The molecule has 15 heteroatoms. The van der Waals surface area contributed by atoms with E-state index in [1.54, 1.807) is 26.2 Å². The highest BCUT2D eigenvalue weighted by molar-refractivity contribution is 6.39. The SMILES string of the molecule is COC(=O)N[C@@H](Cc1ccc(N(C(=O)C(=O)O)c2ccccc2C(=O)O)cc1)C(=O)NCCCCOc1cccc(O)c1C(=O)N(C)C. The summed E-state index contributed by atoms with van der Waals surface area (Å²) in [6.45, 7) is 0.417. The second-order valence-electron chi connectivity index (χ2n) is 10.5. The van der Waals surface area contributed by atoms with Crippen molar-refractivity contribution in [2.75, 3.05) is 39.3 Å². The summed E-state index contributed by atoms with van der Waals surface area (Å²) < 4.78 is 10.4. The van der Waals surface area contributed by atoms with E-state index in [0.717, 1.165) is 12.0 Å². The number of rotatable bonds is 14. The van der Waals surface area contributed by atoms with Gasteiger partial charge in [0, 0.05) is 32.7 Å². The van der Waals surface area contributed by atoms with Crippen LogP contribution in [0.3, 0.4) is 0 Å². The van der Waals surface area contributed by atoms with Crippen LogP contribution in [0.5, 0.6) is 11.5 Å². The van der Waals surface area contributed by atoms with Gasteiger partial charge in [0.1, 0.15) is 23.1 Å². The summed E-state index contributed by atoms with van der Waals surface area (Å²) in [6, 6.07) is 14.7. The van der Waals surface area contributed by atoms with Gasteiger partial charge in [-0.15, -0.1) is 0 Å². The normalized spacial score (nSPS) is 11.1. The molecule has 15 nitrogen and oxygen atoms in total. The number of carbonyl (C=O) groups is 6. The number of methoxy groups -OCH3 is 1. The first kappa shape index (κ1) is 36.3. The topological polar surface area (TPSA) is 212 Å². The molecule has 3 aromatic rings. The molecule has 0 fully saturated rings. The molecular weight excluding hydrogens is 628 g/mol. The van der Waals surface area contributed by atoms with Gasteiger partial charge in [0.05, 0.1) is 25.0 Å². The number of alkyl carbamates (subject to hydrolysis) is 1. The fraction of sp³-hybridized carbons (Fsp3) is 0.273. The molecule has 0 heterocycles. The number of unbranched alkanes of at least 4 members (excludes halogenated alkanes) is 1. The molecule has 0 unspecified atom stereocenters. The molecule has 0 bridgehead atoms. The van der Waals surface area contributed by atoms with Gasteiger partial charge in [-0.3, -0.25) is 19.3 Å². The van der Waals surface area contributed by atoms with Crippen molar-refractivity contribution in [2.45, 2.75) is 25.3 Å². The van der Waals surface area contributed by atoms with Crippen molar-refractivity contribution >= 4 is 47.1 Å². The number of carbonyl (C=O) groups excluding carboxylic acids is 4. The third-order valence-corrected chi connectivity index (χ3v) is 6.94. The molecule has 0 aliphatic carbocycles. The molecule has 0 aliphatic heterocycles. The van der Waals surface area contributed by atoms with Gasteiger partial charge in [-0.05, 0) is 54.8 Å². The van der Waals surface area contributed by atoms with Crippen molar-refractivity contribution in [2.24, 2.45) is 0 Å². The monoisotopic (exact) mass is 664 g/mol. The number of hydrogen-bond donors (Lipinski definition) is 5. The van der Waals surface area contributed by atoms with Crippen molar-refractivity contribution in [3.8, 4) is 11.5 Å². The number of nitrogens with zero attached hydrogens (tertiary/aromatic N) is 2. The number of carboxylic acids is 2. The van der Waals surface area contributed by atoms with Crippen molar-refractivity contribution < 1.29 is 53.6 Å². The van der Waals surface area contributed by atoms with E-state index >= 15 is 0 Å². The molecule has 0 spiro atoms. The van der Waals surface area contributed by atoms with Gasteiger partial charge >= 0.3 is 23.9 Å². The molecule has 0 radical (unpaired) electrons. The van der Waals surface area contributed by atoms with Crippen molar-refractivity contribution in [3.63, 3.8) is 0 Å². The maximum absolute atomic E-state index is 13.0. The van der Waals surface area contributed by atoms with Crippen LogP contribution in [0.15, 0.2) is 66.7 Å². The minimum Gasteiger partial charge on any atom is -0.507 e. The van der Waals surface area contributed by atoms with E-state index in [9.17, 15) is 44.1 Å². The van der Waals surface area contributed by atoms with Gasteiger partial charge in [-0.25, -0.2) is 14.4 Å². The number of carboxylic acid groups (broad SMARTS) is 2. The summed E-state index contributed by atoms with van der Waals surface area (Å²) in [4.78, 5) is 75.6. The van der Waals surface area contributed by atoms with E-state index in [2.05, 4.69) is 15.4 Å². The van der Waals surface area contributed by atoms with Gasteiger partial charge in [-0.1, -0.05) is 30.3 Å². The zero-order chi connectivity index (χ0) is 35.4. The lowest BCUT2D eigenvalue weighted by atomic mass is 10.0. The Morgan fingerprint density at radius 1 is 0.875 bits per heavy atom. The Kier molecular flexibility index (Phi) is 12.9. The predicted molar refractivity (Wildman–Crippen MR) is 172 cm³/mol. The fourth-order valence-corrected chi connectivity index (χ4v) is 4.56. The Morgan fingerprint density at radius 3 is 2.19 bits per heavy atom. The Balaban J connectivity index is 1.65. The van der Waals surface area contributed by atoms with Crippen molar-refractivity contribution in [1.29, 1.82) is 0 Å². The highest BCUT2D eigenvalue weighted by Crippen LogP contribution is 2.30. The quantitative estimate of drug-likeness (QED) is 0.125. The lowest BCUT2D eigenvalue weighted by Gasteiger charge is -2.23. The van der Waals surface area contributed by atoms with Crippen LogP contribution in [0, 0.1) is 0 Å². The molecule has 254 valence electrons. The van der Waals surface area contributed by atoms with Crippen LogP contribution in [-0.2, 0) is 25.5 Å². The zero-order valence-corrected chi connectivity index (χ0v) is 26.5. The van der Waals surface area contributed by atoms with Crippen molar-refractivity contribution in [3.05, 3.63) is 83.4 Å². The molecule has 3 aromatic carbocycles. The van der Waals surface area contributed by atoms with E-state index in [1.807, 2.05) is 0 Å². The molecule has 0 aliphatic rings. The van der Waals surface area contributed by atoms with Crippen LogP contribution in [-0.4, -0.2) is 96.4 Å². The van der Waals surface area contributed by atoms with Crippen LogP contribution in [0.2, 0.25) is 0 Å². The van der Waals surface area contributed by atoms with Crippen LogP contribution in [0.1, 0.15) is 39.1 Å². The van der Waals surface area contributed by atoms with Crippen molar-refractivity contribution in [1.82, 2.24) is 15.5 Å². The summed E-state index contributed by atoms with van der Waals surface area (Å²) in [5.41, 5.74) is 0.196. The average Bonchev–Trinajstić information content (AvgIpc) is 3.06. The van der Waals surface area contributed by atoms with E-state index in [4.69, 9.17) is 4.74 Å². The van der Waals surface area contributed by atoms with Gasteiger partial charge in [0.2, 0.25) is 5.91 Å². The smallest absolute Gasteiger partial charge is 0.407 e. The number of benzene rings is 3. The Bertz CT molecular complexity index is 1660. The molecule has 0 saturated heterocycles. The zero-order valence-electron chi connectivity index (χ0n) is 26.5. The highest BCUT2D eigenvalue weighted by Gasteiger charge is 2.28. The minimum atomic E-state index is -1.80. The first-order valence-corrected chi connectivity index (χ1v) is 14.6. The van der Waals surface area contributed by atoms with E-state index < -0.39 is 41.8 Å². The highest BCUT2D eigenvalue weighted by atomic mass is 16.5. The molecule has 5 N–H and O–H groups in total. The third kappa shape index (κ3) is 9.45. The van der Waals surface area contributed by atoms with Gasteiger partial charge < -0.3 is 40.3 Å². The summed E-state index contributed by atoms with van der Waals surface area (Å²) in [5.74, 6) is -5.44. The number of aromatic hydroxyl groups is 1. The second-order valence-corrected chi connectivity index (χ2v) is 10.5. The predicted octanol–water partition coefficient (Wildman–Crippen LogP) is 2.78. The third-order valence-electron chi connectivity index (χ3n) is 6.94. The molecule has 48 heavy (non-hydrogen) atoms. The Hall–Kier alpha value is -6.12. The first-order valence-electron chi connectivity index (χ1n) is 14.6. The number of phenolic OH excluding ortho intramolecular Hbond substituents is 1. The number of anilines is 2. The number of amides is 4. The van der Waals surface area contributed by atoms with E-state index in [0.29, 0.717) is 18.4 Å². The number of aliphatic carboxylic acids is 1. The maximum atomic E-state index is 13.0. The van der Waals surface area contributed by atoms with Crippen LogP contribution in [0.25, 0.3) is 0 Å². The summed E-state index contributed by atoms with van der Waals surface area (Å²) in [7, 11) is 4.26. The molecular formula is C33H36N4O11. The van der Waals surface area contributed by atoms with Crippen LogP contribution >= 0.6 is 0 Å². The second kappa shape index (κ2) is 17.0. The summed E-state index contributed by atoms with van der Waals surface area (Å²) in [5, 5.41) is 34.3. The first-order chi connectivity index (χ1) is 22.8. The Morgan fingerprint density at radius 2 is 1.56 bits per heavy atom. The van der Waals surface area contributed by atoms with E-state index in [1.165, 1.54) is 59.5 Å². The van der Waals surface area contributed by atoms with Gasteiger partial charge in [-0.2, -0.15) is 0 Å². The lowest BCUT2D eigenvalue weighted by molar-refractivity contribution is -0.148. The van der Waals surface area contributed by atoms with E-state index in [-0.39, 0.29) is 53.6 Å². The summed E-state index contributed by atoms with van der Waals surface area (Å²) in [6.07, 6.45) is 0.103. The lowest BCUT2D eigenvalue weighted by Crippen LogP contribution is -2.48. The maximum Gasteiger partial charge on any atom is 0.407 e. The fourth-order valence-electron chi connectivity index (χ4n) is 4.56. The van der Waals surface area contributed by atoms with Gasteiger partial charge in [0.15, 0.2) is 0 Å². The molecule has 1 atom stereocenters. The minimum absolute atomic E-state index is 0.0108.